The Balaban J connectivity index is 1.59. The maximum atomic E-state index is 12.9. The molecule has 0 aliphatic carbocycles. The number of H-pyrrole nitrogens is 2. The van der Waals surface area contributed by atoms with Crippen molar-refractivity contribution >= 4 is 32.7 Å². The van der Waals surface area contributed by atoms with Gasteiger partial charge < -0.3 is 9.97 Å². The first kappa shape index (κ1) is 19.2. The molecule has 2 aromatic carbocycles. The van der Waals surface area contributed by atoms with Gasteiger partial charge in [0.15, 0.2) is 0 Å². The Morgan fingerprint density at radius 1 is 1.07 bits per heavy atom. The topological polar surface area (TPSA) is 98.1 Å². The quantitative estimate of drug-likeness (QED) is 0.571. The van der Waals surface area contributed by atoms with Crippen LogP contribution in [0.1, 0.15) is 24.4 Å². The second-order valence-electron chi connectivity index (χ2n) is 6.92. The molecule has 148 valence electrons. The fourth-order valence-corrected chi connectivity index (χ4v) is 5.01. The van der Waals surface area contributed by atoms with Crippen molar-refractivity contribution in [2.24, 2.45) is 0 Å². The predicted octanol–water partition coefficient (Wildman–Crippen LogP) is 2.62. The molecule has 1 aliphatic rings. The van der Waals surface area contributed by atoms with E-state index in [1.807, 2.05) is 24.3 Å². The normalized spacial score (nSPS) is 16.6. The predicted molar refractivity (Wildman–Crippen MR) is 109 cm³/mol. The molecule has 1 atom stereocenters. The lowest BCUT2D eigenvalue weighted by Gasteiger charge is -2.28. The summed E-state index contributed by atoms with van der Waals surface area (Å²) in [5.41, 5.74) is 1.56. The monoisotopic (exact) mass is 420 g/mol. The second-order valence-corrected chi connectivity index (χ2v) is 9.09. The minimum atomic E-state index is -3.74. The molecule has 1 aliphatic heterocycles. The number of halogens is 1. The van der Waals surface area contributed by atoms with Crippen LogP contribution in [0.4, 0.5) is 0 Å². The molecular formula is C19H21ClN4O3S. The molecule has 0 amide bonds. The van der Waals surface area contributed by atoms with Crippen LogP contribution in [0.5, 0.6) is 0 Å². The standard InChI is InChI=1S/C19H21ClN4O3S/c20-15-6-2-1-5-14(15)18(24-9-3-4-10-24)12-21-28(26,27)13-7-8-16-17(11-13)23-19(25)22-16/h1-2,5-8,11,18,21H,3-4,9-10,12H2,(H2,22,23,25)/t18-/m0/s1. The largest absolute Gasteiger partial charge is 0.323 e. The maximum Gasteiger partial charge on any atom is 0.323 e. The lowest BCUT2D eigenvalue weighted by Crippen LogP contribution is -2.37. The van der Waals surface area contributed by atoms with Crippen molar-refractivity contribution in [1.82, 2.24) is 19.6 Å². The smallest absolute Gasteiger partial charge is 0.306 e. The second kappa shape index (κ2) is 7.71. The summed E-state index contributed by atoms with van der Waals surface area (Å²) in [7, 11) is -3.74. The highest BCUT2D eigenvalue weighted by Gasteiger charge is 2.27. The molecule has 3 N–H and O–H groups in total. The van der Waals surface area contributed by atoms with Gasteiger partial charge in [-0.25, -0.2) is 17.9 Å². The van der Waals surface area contributed by atoms with Gasteiger partial charge in [0, 0.05) is 17.6 Å². The first-order valence-electron chi connectivity index (χ1n) is 9.14. The molecule has 7 nitrogen and oxygen atoms in total. The third-order valence-electron chi connectivity index (χ3n) is 5.11. The Morgan fingerprint density at radius 2 is 1.79 bits per heavy atom. The highest BCUT2D eigenvalue weighted by Crippen LogP contribution is 2.30. The van der Waals surface area contributed by atoms with Gasteiger partial charge in [-0.2, -0.15) is 0 Å². The molecule has 0 saturated carbocycles. The van der Waals surface area contributed by atoms with E-state index in [9.17, 15) is 13.2 Å². The zero-order chi connectivity index (χ0) is 19.7. The van der Waals surface area contributed by atoms with Crippen molar-refractivity contribution < 1.29 is 8.42 Å². The number of likely N-dealkylation sites (tertiary alicyclic amines) is 1. The number of aromatic amines is 2. The zero-order valence-electron chi connectivity index (χ0n) is 15.1. The molecule has 0 radical (unpaired) electrons. The molecule has 9 heteroatoms. The number of aromatic nitrogens is 2. The van der Waals surface area contributed by atoms with Crippen molar-refractivity contribution in [3.63, 3.8) is 0 Å². The highest BCUT2D eigenvalue weighted by molar-refractivity contribution is 7.89. The van der Waals surface area contributed by atoms with E-state index >= 15 is 0 Å². The van der Waals surface area contributed by atoms with Crippen molar-refractivity contribution in [3.05, 3.63) is 63.5 Å². The van der Waals surface area contributed by atoms with Gasteiger partial charge in [0.25, 0.3) is 0 Å². The molecule has 0 spiro atoms. The minimum Gasteiger partial charge on any atom is -0.306 e. The Bertz CT molecular complexity index is 1150. The molecule has 1 fully saturated rings. The third-order valence-corrected chi connectivity index (χ3v) is 6.88. The first-order valence-corrected chi connectivity index (χ1v) is 11.0. The van der Waals surface area contributed by atoms with E-state index in [0.29, 0.717) is 16.1 Å². The van der Waals surface area contributed by atoms with E-state index in [1.54, 1.807) is 6.07 Å². The van der Waals surface area contributed by atoms with Crippen LogP contribution in [0.3, 0.4) is 0 Å². The van der Waals surface area contributed by atoms with Crippen molar-refractivity contribution in [3.8, 4) is 0 Å². The summed E-state index contributed by atoms with van der Waals surface area (Å²) >= 11 is 6.39. The molecule has 4 rings (SSSR count). The van der Waals surface area contributed by atoms with Gasteiger partial charge in [-0.1, -0.05) is 29.8 Å². The first-order chi connectivity index (χ1) is 13.4. The number of imidazole rings is 1. The van der Waals surface area contributed by atoms with Gasteiger partial charge in [-0.3, -0.25) is 4.90 Å². The summed E-state index contributed by atoms with van der Waals surface area (Å²) in [6.07, 6.45) is 2.18. The Labute approximate surface area is 167 Å². The molecule has 0 bridgehead atoms. The number of nitrogens with zero attached hydrogens (tertiary/aromatic N) is 1. The van der Waals surface area contributed by atoms with Gasteiger partial charge in [-0.15, -0.1) is 0 Å². The van der Waals surface area contributed by atoms with Gasteiger partial charge in [0.05, 0.1) is 15.9 Å². The number of rotatable bonds is 6. The van der Waals surface area contributed by atoms with E-state index in [2.05, 4.69) is 19.6 Å². The fraction of sp³-hybridized carbons (Fsp3) is 0.316. The van der Waals surface area contributed by atoms with Gasteiger partial charge in [0.2, 0.25) is 10.0 Å². The lowest BCUT2D eigenvalue weighted by molar-refractivity contribution is 0.246. The van der Waals surface area contributed by atoms with E-state index in [4.69, 9.17) is 11.6 Å². The number of hydrogen-bond acceptors (Lipinski definition) is 4. The van der Waals surface area contributed by atoms with Crippen molar-refractivity contribution in [2.75, 3.05) is 19.6 Å². The summed E-state index contributed by atoms with van der Waals surface area (Å²) in [6, 6.07) is 11.9. The average molecular weight is 421 g/mol. The van der Waals surface area contributed by atoms with E-state index < -0.39 is 10.0 Å². The molecule has 3 aromatic rings. The van der Waals surface area contributed by atoms with Crippen molar-refractivity contribution in [1.29, 1.82) is 0 Å². The average Bonchev–Trinajstić information content (AvgIpc) is 3.31. The Hall–Kier alpha value is -2.13. The number of nitrogens with one attached hydrogen (secondary N) is 3. The molecule has 1 aromatic heterocycles. The Kier molecular flexibility index (Phi) is 5.29. The van der Waals surface area contributed by atoms with Crippen LogP contribution in [-0.4, -0.2) is 42.9 Å². The summed E-state index contributed by atoms with van der Waals surface area (Å²) in [6.45, 7) is 2.04. The number of fused-ring (bicyclic) bond motifs is 1. The Morgan fingerprint density at radius 3 is 2.54 bits per heavy atom. The van der Waals surface area contributed by atoms with Crippen molar-refractivity contribution in [2.45, 2.75) is 23.8 Å². The van der Waals surface area contributed by atoms with Crippen LogP contribution in [0.2, 0.25) is 5.02 Å². The zero-order valence-corrected chi connectivity index (χ0v) is 16.7. The highest BCUT2D eigenvalue weighted by atomic mass is 35.5. The van der Waals surface area contributed by atoms with Crippen LogP contribution in [0, 0.1) is 0 Å². The molecule has 2 heterocycles. The van der Waals surface area contributed by atoms with E-state index in [1.165, 1.54) is 12.1 Å². The summed E-state index contributed by atoms with van der Waals surface area (Å²) in [5.74, 6) is 0. The van der Waals surface area contributed by atoms with Gasteiger partial charge in [-0.05, 0) is 55.8 Å². The fourth-order valence-electron chi connectivity index (χ4n) is 3.69. The van der Waals surface area contributed by atoms with E-state index in [0.717, 1.165) is 31.5 Å². The summed E-state index contributed by atoms with van der Waals surface area (Å²) < 4.78 is 28.4. The maximum absolute atomic E-state index is 12.9. The van der Waals surface area contributed by atoms with Gasteiger partial charge in [0.1, 0.15) is 0 Å². The minimum absolute atomic E-state index is 0.106. The number of benzene rings is 2. The van der Waals surface area contributed by atoms with Crippen LogP contribution >= 0.6 is 11.6 Å². The number of hydrogen-bond donors (Lipinski definition) is 3. The van der Waals surface area contributed by atoms with Crippen LogP contribution in [-0.2, 0) is 10.0 Å². The van der Waals surface area contributed by atoms with Crippen LogP contribution in [0.15, 0.2) is 52.2 Å². The molecule has 28 heavy (non-hydrogen) atoms. The summed E-state index contributed by atoms with van der Waals surface area (Å²) in [5, 5.41) is 0.630. The molecule has 1 saturated heterocycles. The van der Waals surface area contributed by atoms with Crippen LogP contribution in [0.25, 0.3) is 11.0 Å². The molecular weight excluding hydrogens is 400 g/mol. The molecule has 0 unspecified atom stereocenters. The van der Waals surface area contributed by atoms with Gasteiger partial charge >= 0.3 is 5.69 Å². The third kappa shape index (κ3) is 3.86. The summed E-state index contributed by atoms with van der Waals surface area (Å²) in [4.78, 5) is 19.0. The van der Waals surface area contributed by atoms with Crippen LogP contribution < -0.4 is 10.4 Å². The number of sulfonamides is 1. The SMILES string of the molecule is O=c1[nH]c2ccc(S(=O)(=O)NC[C@@H](c3ccccc3Cl)N3CCCC3)cc2[nH]1. The lowest BCUT2D eigenvalue weighted by atomic mass is 10.1. The van der Waals surface area contributed by atoms with E-state index in [-0.39, 0.29) is 23.2 Å².